The summed E-state index contributed by atoms with van der Waals surface area (Å²) in [7, 11) is -0.935. The molecule has 0 unspecified atom stereocenters. The van der Waals surface area contributed by atoms with E-state index >= 15 is 0 Å². The molecule has 0 bridgehead atoms. The average molecular weight is 281 g/mol. The van der Waals surface area contributed by atoms with Crippen molar-refractivity contribution < 1.29 is 14.5 Å². The van der Waals surface area contributed by atoms with Crippen LogP contribution in [-0.2, 0) is 17.7 Å². The van der Waals surface area contributed by atoms with Gasteiger partial charge in [0.05, 0.1) is 17.9 Å². The fourth-order valence-corrected chi connectivity index (χ4v) is 2.86. The Bertz CT molecular complexity index is 737. The molecule has 104 valence electrons. The molecule has 7 heteroatoms. The van der Waals surface area contributed by atoms with Crippen LogP contribution in [0.3, 0.4) is 0 Å². The van der Waals surface area contributed by atoms with Crippen LogP contribution in [-0.4, -0.2) is 34.6 Å². The molecule has 0 aliphatic carbocycles. The van der Waals surface area contributed by atoms with Crippen molar-refractivity contribution in [2.24, 2.45) is 0 Å². The Morgan fingerprint density at radius 3 is 3.10 bits per heavy atom. The van der Waals surface area contributed by atoms with E-state index in [-0.39, 0.29) is 12.5 Å². The standard InChI is InChI=1S/C14H12BN3O3/c19-14-9-2-1-5-16-12(9)4-7-18(14)13-10-8-21-15(20)11(10)3-6-17-13/h1-3,5-6,20H,4,7-8H2. The van der Waals surface area contributed by atoms with Gasteiger partial charge in [-0.15, -0.1) is 0 Å². The Balaban J connectivity index is 1.78. The van der Waals surface area contributed by atoms with Crippen LogP contribution < -0.4 is 10.4 Å². The molecule has 0 fully saturated rings. The summed E-state index contributed by atoms with van der Waals surface area (Å²) in [6.45, 7) is 0.797. The van der Waals surface area contributed by atoms with Crippen LogP contribution in [0.5, 0.6) is 0 Å². The van der Waals surface area contributed by atoms with E-state index in [9.17, 15) is 9.82 Å². The lowest BCUT2D eigenvalue weighted by atomic mass is 9.80. The summed E-state index contributed by atoms with van der Waals surface area (Å²) >= 11 is 0. The molecule has 0 radical (unpaired) electrons. The van der Waals surface area contributed by atoms with Crippen molar-refractivity contribution >= 4 is 24.3 Å². The number of anilines is 1. The molecule has 6 nitrogen and oxygen atoms in total. The van der Waals surface area contributed by atoms with E-state index in [1.165, 1.54) is 0 Å². The largest absolute Gasteiger partial charge is 0.491 e. The van der Waals surface area contributed by atoms with Gasteiger partial charge in [-0.05, 0) is 23.7 Å². The monoisotopic (exact) mass is 281 g/mol. The van der Waals surface area contributed by atoms with Crippen molar-refractivity contribution in [1.29, 1.82) is 0 Å². The molecular weight excluding hydrogens is 269 g/mol. The van der Waals surface area contributed by atoms with Gasteiger partial charge >= 0.3 is 7.12 Å². The first kappa shape index (κ1) is 12.5. The van der Waals surface area contributed by atoms with Crippen LogP contribution in [0.4, 0.5) is 5.82 Å². The lowest BCUT2D eigenvalue weighted by Crippen LogP contribution is -2.40. The van der Waals surface area contributed by atoms with E-state index < -0.39 is 7.12 Å². The van der Waals surface area contributed by atoms with E-state index in [1.54, 1.807) is 35.5 Å². The summed E-state index contributed by atoms with van der Waals surface area (Å²) in [6, 6.07) is 5.27. The number of fused-ring (bicyclic) bond motifs is 2. The maximum Gasteiger partial charge on any atom is 0.491 e. The van der Waals surface area contributed by atoms with E-state index in [1.807, 2.05) is 0 Å². The third-order valence-electron chi connectivity index (χ3n) is 3.91. The highest BCUT2D eigenvalue weighted by atomic mass is 16.5. The highest BCUT2D eigenvalue weighted by molar-refractivity contribution is 6.61. The summed E-state index contributed by atoms with van der Waals surface area (Å²) in [5.41, 5.74) is 2.90. The van der Waals surface area contributed by atoms with Crippen molar-refractivity contribution in [3.8, 4) is 0 Å². The third kappa shape index (κ3) is 1.85. The molecule has 2 aromatic rings. The van der Waals surface area contributed by atoms with Gasteiger partial charge in [-0.2, -0.15) is 0 Å². The van der Waals surface area contributed by atoms with Gasteiger partial charge in [0.2, 0.25) is 0 Å². The van der Waals surface area contributed by atoms with Crippen LogP contribution in [0.15, 0.2) is 30.6 Å². The molecule has 0 spiro atoms. The lowest BCUT2D eigenvalue weighted by Gasteiger charge is -2.28. The molecule has 4 heterocycles. The van der Waals surface area contributed by atoms with Crippen LogP contribution >= 0.6 is 0 Å². The maximum absolute atomic E-state index is 12.6. The van der Waals surface area contributed by atoms with Crippen molar-refractivity contribution in [2.75, 3.05) is 11.4 Å². The van der Waals surface area contributed by atoms with Gasteiger partial charge in [0, 0.05) is 30.9 Å². The number of amides is 1. The average Bonchev–Trinajstić information content (AvgIpc) is 2.90. The maximum atomic E-state index is 12.6. The Morgan fingerprint density at radius 1 is 1.29 bits per heavy atom. The summed E-state index contributed by atoms with van der Waals surface area (Å²) in [5, 5.41) is 9.76. The molecular formula is C14H12BN3O3. The predicted octanol–water partition coefficient (Wildman–Crippen LogP) is -0.103. The number of rotatable bonds is 1. The van der Waals surface area contributed by atoms with Crippen molar-refractivity contribution in [3.05, 3.63) is 47.4 Å². The summed E-state index contributed by atoms with van der Waals surface area (Å²) in [4.78, 5) is 22.9. The van der Waals surface area contributed by atoms with Gasteiger partial charge in [0.1, 0.15) is 5.82 Å². The van der Waals surface area contributed by atoms with Crippen LogP contribution in [0, 0.1) is 0 Å². The number of carbonyl (C=O) groups is 1. The van der Waals surface area contributed by atoms with Gasteiger partial charge in [0.25, 0.3) is 5.91 Å². The molecule has 2 aliphatic heterocycles. The highest BCUT2D eigenvalue weighted by Gasteiger charge is 2.34. The van der Waals surface area contributed by atoms with Crippen molar-refractivity contribution in [2.45, 2.75) is 13.0 Å². The lowest BCUT2D eigenvalue weighted by molar-refractivity contribution is 0.0978. The minimum atomic E-state index is -0.935. The van der Waals surface area contributed by atoms with E-state index in [0.29, 0.717) is 29.8 Å². The topological polar surface area (TPSA) is 75.6 Å². The number of hydrogen-bond donors (Lipinski definition) is 1. The van der Waals surface area contributed by atoms with Gasteiger partial charge < -0.3 is 9.68 Å². The molecule has 2 aliphatic rings. The van der Waals surface area contributed by atoms with Gasteiger partial charge in [0.15, 0.2) is 0 Å². The number of hydrogen-bond acceptors (Lipinski definition) is 5. The quantitative estimate of drug-likeness (QED) is 0.739. The highest BCUT2D eigenvalue weighted by Crippen LogP contribution is 2.26. The van der Waals surface area contributed by atoms with Gasteiger partial charge in [-0.25, -0.2) is 4.98 Å². The van der Waals surface area contributed by atoms with E-state index in [0.717, 1.165) is 11.3 Å². The normalized spacial score (nSPS) is 16.9. The fraction of sp³-hybridized carbons (Fsp3) is 0.214. The number of aromatic nitrogens is 2. The Labute approximate surface area is 121 Å². The first-order chi connectivity index (χ1) is 10.3. The molecule has 2 aromatic heterocycles. The number of carbonyl (C=O) groups excluding carboxylic acids is 1. The Hall–Kier alpha value is -2.25. The molecule has 0 saturated carbocycles. The molecule has 1 N–H and O–H groups in total. The third-order valence-corrected chi connectivity index (χ3v) is 3.91. The van der Waals surface area contributed by atoms with E-state index in [2.05, 4.69) is 9.97 Å². The Kier molecular flexibility index (Phi) is 2.76. The molecule has 21 heavy (non-hydrogen) atoms. The minimum Gasteiger partial charge on any atom is -0.423 e. The zero-order valence-corrected chi connectivity index (χ0v) is 11.2. The molecule has 0 saturated heterocycles. The molecule has 4 rings (SSSR count). The van der Waals surface area contributed by atoms with Crippen molar-refractivity contribution in [3.63, 3.8) is 0 Å². The number of nitrogens with zero attached hydrogens (tertiary/aromatic N) is 3. The second kappa shape index (κ2) is 4.65. The Morgan fingerprint density at radius 2 is 2.19 bits per heavy atom. The van der Waals surface area contributed by atoms with Crippen molar-refractivity contribution in [1.82, 2.24) is 9.97 Å². The number of pyridine rings is 2. The SMILES string of the molecule is O=C1c2cccnc2CCN1c1nccc2c1COB2O. The smallest absolute Gasteiger partial charge is 0.423 e. The second-order valence-corrected chi connectivity index (χ2v) is 5.07. The minimum absolute atomic E-state index is 0.105. The summed E-state index contributed by atoms with van der Waals surface area (Å²) in [5.74, 6) is 0.468. The summed E-state index contributed by atoms with van der Waals surface area (Å²) < 4.78 is 5.22. The summed E-state index contributed by atoms with van der Waals surface area (Å²) in [6.07, 6.45) is 3.99. The van der Waals surface area contributed by atoms with E-state index in [4.69, 9.17) is 4.65 Å². The first-order valence-corrected chi connectivity index (χ1v) is 6.79. The zero-order chi connectivity index (χ0) is 14.4. The first-order valence-electron chi connectivity index (χ1n) is 6.79. The molecule has 0 atom stereocenters. The molecule has 0 aromatic carbocycles. The van der Waals surface area contributed by atoms with Crippen LogP contribution in [0.2, 0.25) is 0 Å². The fourth-order valence-electron chi connectivity index (χ4n) is 2.86. The van der Waals surface area contributed by atoms with Gasteiger partial charge in [-0.3, -0.25) is 14.7 Å². The second-order valence-electron chi connectivity index (χ2n) is 5.07. The van der Waals surface area contributed by atoms with Gasteiger partial charge in [-0.1, -0.05) is 0 Å². The van der Waals surface area contributed by atoms with Crippen LogP contribution in [0.25, 0.3) is 0 Å². The molecule has 1 amide bonds. The van der Waals surface area contributed by atoms with Crippen LogP contribution in [0.1, 0.15) is 21.6 Å². The zero-order valence-electron chi connectivity index (χ0n) is 11.2. The predicted molar refractivity (Wildman–Crippen MR) is 76.3 cm³/mol.